The molecule has 0 fully saturated rings. The van der Waals surface area contributed by atoms with E-state index in [4.69, 9.17) is 16.4 Å². The fourth-order valence-electron chi connectivity index (χ4n) is 1.45. The number of hydrogen-bond donors (Lipinski definition) is 2. The summed E-state index contributed by atoms with van der Waals surface area (Å²) in [5.41, 5.74) is 1.37. The van der Waals surface area contributed by atoms with Crippen molar-refractivity contribution in [3.63, 3.8) is 0 Å². The minimum absolute atomic E-state index is 0.498. The lowest BCUT2D eigenvalue weighted by molar-refractivity contribution is 0.216. The van der Waals surface area contributed by atoms with Gasteiger partial charge in [0, 0.05) is 12.6 Å². The predicted octanol–water partition coefficient (Wildman–Crippen LogP) is 0.999. The Morgan fingerprint density at radius 3 is 2.59 bits per heavy atom. The molecule has 0 saturated heterocycles. The van der Waals surface area contributed by atoms with E-state index in [-0.39, 0.29) is 0 Å². The van der Waals surface area contributed by atoms with Gasteiger partial charge in [-0.2, -0.15) is 0 Å². The lowest BCUT2D eigenvalue weighted by atomic mass is 10.2. The van der Waals surface area contributed by atoms with E-state index in [0.29, 0.717) is 18.0 Å². The molecule has 1 aromatic carbocycles. The highest BCUT2D eigenvalue weighted by molar-refractivity contribution is 5.91. The SMILES string of the molecule is CCOc1cccc(N(N)C(=O)N(C)N)c1C. The first-order valence-corrected chi connectivity index (χ1v) is 5.28. The first-order valence-electron chi connectivity index (χ1n) is 5.28. The molecule has 0 aliphatic heterocycles. The van der Waals surface area contributed by atoms with Crippen LogP contribution in [0.15, 0.2) is 18.2 Å². The molecule has 1 rings (SSSR count). The molecule has 6 heteroatoms. The maximum Gasteiger partial charge on any atom is 0.352 e. The van der Waals surface area contributed by atoms with Gasteiger partial charge in [0.05, 0.1) is 12.3 Å². The van der Waals surface area contributed by atoms with E-state index < -0.39 is 6.03 Å². The minimum Gasteiger partial charge on any atom is -0.494 e. The van der Waals surface area contributed by atoms with Crippen molar-refractivity contribution in [2.45, 2.75) is 13.8 Å². The third-order valence-electron chi connectivity index (χ3n) is 2.32. The third kappa shape index (κ3) is 2.86. The molecular weight excluding hydrogens is 220 g/mol. The molecule has 0 aliphatic rings. The molecule has 6 nitrogen and oxygen atoms in total. The van der Waals surface area contributed by atoms with E-state index in [1.165, 1.54) is 7.05 Å². The average molecular weight is 238 g/mol. The summed E-state index contributed by atoms with van der Waals surface area (Å²) in [6.45, 7) is 4.29. The van der Waals surface area contributed by atoms with Crippen molar-refractivity contribution in [3.8, 4) is 5.75 Å². The number of hydrazine groups is 2. The number of ether oxygens (including phenoxy) is 1. The van der Waals surface area contributed by atoms with Crippen molar-refractivity contribution in [3.05, 3.63) is 23.8 Å². The van der Waals surface area contributed by atoms with Crippen LogP contribution < -0.4 is 21.4 Å². The molecule has 1 aromatic rings. The number of carbonyl (C=O) groups excluding carboxylic acids is 1. The highest BCUT2D eigenvalue weighted by atomic mass is 16.5. The third-order valence-corrected chi connectivity index (χ3v) is 2.32. The van der Waals surface area contributed by atoms with Crippen molar-refractivity contribution in [1.82, 2.24) is 5.01 Å². The van der Waals surface area contributed by atoms with Crippen molar-refractivity contribution < 1.29 is 9.53 Å². The number of benzene rings is 1. The fourth-order valence-corrected chi connectivity index (χ4v) is 1.45. The largest absolute Gasteiger partial charge is 0.494 e. The standard InChI is InChI=1S/C11H18N4O2/c1-4-17-10-7-5-6-9(8(10)2)15(13)11(16)14(3)12/h5-7H,4,12-13H2,1-3H3. The monoisotopic (exact) mass is 238 g/mol. The van der Waals surface area contributed by atoms with Gasteiger partial charge in [0.15, 0.2) is 0 Å². The molecule has 94 valence electrons. The Bertz CT molecular complexity index is 406. The van der Waals surface area contributed by atoms with Crippen LogP contribution in [0.1, 0.15) is 12.5 Å². The van der Waals surface area contributed by atoms with Gasteiger partial charge in [0.2, 0.25) is 0 Å². The van der Waals surface area contributed by atoms with Gasteiger partial charge in [-0.25, -0.2) is 21.5 Å². The van der Waals surface area contributed by atoms with Crippen LogP contribution in [-0.2, 0) is 0 Å². The van der Waals surface area contributed by atoms with E-state index in [2.05, 4.69) is 0 Å². The molecule has 4 N–H and O–H groups in total. The summed E-state index contributed by atoms with van der Waals surface area (Å²) in [5, 5.41) is 1.92. The molecule has 2 amide bonds. The zero-order chi connectivity index (χ0) is 13.0. The molecule has 0 atom stereocenters. The Hall–Kier alpha value is -1.79. The van der Waals surface area contributed by atoms with Gasteiger partial charge in [0.1, 0.15) is 5.75 Å². The molecule has 0 radical (unpaired) electrons. The van der Waals surface area contributed by atoms with Crippen molar-refractivity contribution >= 4 is 11.7 Å². The maximum absolute atomic E-state index is 11.6. The van der Waals surface area contributed by atoms with Gasteiger partial charge in [-0.05, 0) is 26.0 Å². The normalized spacial score (nSPS) is 9.94. The summed E-state index contributed by atoms with van der Waals surface area (Å²) < 4.78 is 5.43. The Balaban J connectivity index is 3.06. The van der Waals surface area contributed by atoms with Gasteiger partial charge in [0.25, 0.3) is 0 Å². The lowest BCUT2D eigenvalue weighted by Crippen LogP contribution is -2.48. The Kier molecular flexibility index (Phi) is 4.30. The first kappa shape index (κ1) is 13.3. The van der Waals surface area contributed by atoms with Gasteiger partial charge in [-0.1, -0.05) is 6.07 Å². The Labute approximate surface area is 101 Å². The summed E-state index contributed by atoms with van der Waals surface area (Å²) in [5.74, 6) is 11.8. The summed E-state index contributed by atoms with van der Waals surface area (Å²) in [6.07, 6.45) is 0. The van der Waals surface area contributed by atoms with Crippen LogP contribution in [-0.4, -0.2) is 24.7 Å². The second kappa shape index (κ2) is 5.51. The Morgan fingerprint density at radius 1 is 1.41 bits per heavy atom. The van der Waals surface area contributed by atoms with Gasteiger partial charge in [-0.3, -0.25) is 5.01 Å². The Morgan fingerprint density at radius 2 is 2.06 bits per heavy atom. The smallest absolute Gasteiger partial charge is 0.352 e. The lowest BCUT2D eigenvalue weighted by Gasteiger charge is -2.23. The van der Waals surface area contributed by atoms with Crippen LogP contribution >= 0.6 is 0 Å². The van der Waals surface area contributed by atoms with Crippen LogP contribution in [0.5, 0.6) is 5.75 Å². The second-order valence-electron chi connectivity index (χ2n) is 3.60. The molecular formula is C11H18N4O2. The number of amides is 2. The average Bonchev–Trinajstić information content (AvgIpc) is 2.30. The molecule has 0 heterocycles. The molecule has 0 unspecified atom stereocenters. The highest BCUT2D eigenvalue weighted by Crippen LogP contribution is 2.27. The van der Waals surface area contributed by atoms with E-state index in [1.54, 1.807) is 12.1 Å². The van der Waals surface area contributed by atoms with Crippen molar-refractivity contribution in [2.75, 3.05) is 18.7 Å². The highest BCUT2D eigenvalue weighted by Gasteiger charge is 2.17. The molecule has 0 aromatic heterocycles. The number of nitrogens with zero attached hydrogens (tertiary/aromatic N) is 2. The molecule has 0 spiro atoms. The summed E-state index contributed by atoms with van der Waals surface area (Å²) in [6, 6.07) is 4.84. The molecule has 17 heavy (non-hydrogen) atoms. The second-order valence-corrected chi connectivity index (χ2v) is 3.60. The van der Waals surface area contributed by atoms with Crippen molar-refractivity contribution in [2.24, 2.45) is 11.7 Å². The van der Waals surface area contributed by atoms with E-state index in [9.17, 15) is 4.79 Å². The van der Waals surface area contributed by atoms with Crippen LogP contribution in [0.4, 0.5) is 10.5 Å². The number of rotatable bonds is 3. The van der Waals surface area contributed by atoms with Crippen molar-refractivity contribution in [1.29, 1.82) is 0 Å². The number of carbonyl (C=O) groups is 1. The van der Waals surface area contributed by atoms with Gasteiger partial charge < -0.3 is 4.74 Å². The number of nitrogens with two attached hydrogens (primary N) is 2. The minimum atomic E-state index is -0.498. The number of anilines is 1. The van der Waals surface area contributed by atoms with E-state index >= 15 is 0 Å². The van der Waals surface area contributed by atoms with Crippen LogP contribution in [0.2, 0.25) is 0 Å². The summed E-state index contributed by atoms with van der Waals surface area (Å²) in [4.78, 5) is 11.6. The predicted molar refractivity (Wildman–Crippen MR) is 66.4 cm³/mol. The number of urea groups is 1. The van der Waals surface area contributed by atoms with E-state index in [0.717, 1.165) is 15.6 Å². The fraction of sp³-hybridized carbons (Fsp3) is 0.364. The summed E-state index contributed by atoms with van der Waals surface area (Å²) >= 11 is 0. The van der Waals surface area contributed by atoms with Crippen LogP contribution in [0, 0.1) is 6.92 Å². The molecule has 0 bridgehead atoms. The topological polar surface area (TPSA) is 84.8 Å². The summed E-state index contributed by atoms with van der Waals surface area (Å²) in [7, 11) is 1.43. The molecule has 0 saturated carbocycles. The number of hydrogen-bond acceptors (Lipinski definition) is 4. The van der Waals surface area contributed by atoms with E-state index in [1.807, 2.05) is 19.9 Å². The van der Waals surface area contributed by atoms with Gasteiger partial charge >= 0.3 is 6.03 Å². The molecule has 0 aliphatic carbocycles. The maximum atomic E-state index is 11.6. The quantitative estimate of drug-likeness (QED) is 0.467. The zero-order valence-electron chi connectivity index (χ0n) is 10.3. The van der Waals surface area contributed by atoms with Crippen LogP contribution in [0.25, 0.3) is 0 Å². The zero-order valence-corrected chi connectivity index (χ0v) is 10.3. The first-order chi connectivity index (χ1) is 7.99. The van der Waals surface area contributed by atoms with Gasteiger partial charge in [-0.15, -0.1) is 0 Å². The van der Waals surface area contributed by atoms with Crippen LogP contribution in [0.3, 0.4) is 0 Å².